The summed E-state index contributed by atoms with van der Waals surface area (Å²) in [5, 5.41) is 13.4. The predicted molar refractivity (Wildman–Crippen MR) is 118 cm³/mol. The highest BCUT2D eigenvalue weighted by Crippen LogP contribution is 2.24. The number of guanidine groups is 1. The molecule has 2 N–H and O–H groups in total. The summed E-state index contributed by atoms with van der Waals surface area (Å²) in [4.78, 5) is 9.58. The molecule has 148 valence electrons. The molecule has 1 aliphatic rings. The number of aliphatic imine (C=N–C) groups is 1. The molecule has 0 bridgehead atoms. The molecule has 26 heavy (non-hydrogen) atoms. The Morgan fingerprint density at radius 1 is 1.35 bits per heavy atom. The van der Waals surface area contributed by atoms with Gasteiger partial charge in [0.05, 0.1) is 13.7 Å². The van der Waals surface area contributed by atoms with Gasteiger partial charge in [0.1, 0.15) is 11.5 Å². The molecule has 6 nitrogen and oxygen atoms in total. The summed E-state index contributed by atoms with van der Waals surface area (Å²) >= 11 is 0. The molecule has 0 radical (unpaired) electrons. The average molecular weight is 476 g/mol. The largest absolute Gasteiger partial charge is 0.508 e. The molecule has 1 aliphatic heterocycles. The first-order valence-corrected chi connectivity index (χ1v) is 9.26. The van der Waals surface area contributed by atoms with Crippen LogP contribution in [0.25, 0.3) is 0 Å². The summed E-state index contributed by atoms with van der Waals surface area (Å²) in [5.74, 6) is 1.90. The molecular weight excluding hydrogens is 443 g/mol. The normalized spacial score (nSPS) is 17.3. The van der Waals surface area contributed by atoms with Gasteiger partial charge in [0, 0.05) is 31.2 Å². The molecule has 0 aliphatic carbocycles. The standard InChI is InChI=1S/C19H32N4O2.HI/c1-5-20-19(23-11-10-16(14-23)22(6-2)7-3)21-13-15-12-17(25-4)8-9-18(15)24;/h8-9,12,16,24H,5-7,10-11,13-14H2,1-4H3,(H,20,21);1H. The Balaban J connectivity index is 0.00000338. The maximum atomic E-state index is 10.1. The number of halogens is 1. The van der Waals surface area contributed by atoms with Gasteiger partial charge >= 0.3 is 0 Å². The maximum absolute atomic E-state index is 10.1. The van der Waals surface area contributed by atoms with Crippen LogP contribution in [0.4, 0.5) is 0 Å². The number of rotatable bonds is 7. The minimum atomic E-state index is 0. The van der Waals surface area contributed by atoms with Crippen LogP contribution in [-0.2, 0) is 6.54 Å². The molecule has 0 spiro atoms. The van der Waals surface area contributed by atoms with Crippen molar-refractivity contribution in [2.75, 3.05) is 39.8 Å². The maximum Gasteiger partial charge on any atom is 0.194 e. The van der Waals surface area contributed by atoms with Crippen LogP contribution in [0.2, 0.25) is 0 Å². The van der Waals surface area contributed by atoms with E-state index < -0.39 is 0 Å². The monoisotopic (exact) mass is 476 g/mol. The van der Waals surface area contributed by atoms with E-state index in [0.29, 0.717) is 12.6 Å². The van der Waals surface area contributed by atoms with Crippen molar-refractivity contribution in [3.63, 3.8) is 0 Å². The van der Waals surface area contributed by atoms with Crippen LogP contribution in [0.1, 0.15) is 32.8 Å². The van der Waals surface area contributed by atoms with Crippen molar-refractivity contribution >= 4 is 29.9 Å². The van der Waals surface area contributed by atoms with Crippen LogP contribution >= 0.6 is 24.0 Å². The van der Waals surface area contributed by atoms with Crippen LogP contribution in [0.3, 0.4) is 0 Å². The number of ether oxygens (including phenoxy) is 1. The fourth-order valence-corrected chi connectivity index (χ4v) is 3.37. The van der Waals surface area contributed by atoms with Gasteiger partial charge in [0.15, 0.2) is 5.96 Å². The molecule has 2 rings (SSSR count). The lowest BCUT2D eigenvalue weighted by Crippen LogP contribution is -2.43. The topological polar surface area (TPSA) is 60.3 Å². The lowest BCUT2D eigenvalue weighted by atomic mass is 10.2. The second-order valence-electron chi connectivity index (χ2n) is 6.27. The highest BCUT2D eigenvalue weighted by Gasteiger charge is 2.27. The first-order valence-electron chi connectivity index (χ1n) is 9.26. The third kappa shape index (κ3) is 5.90. The Labute approximate surface area is 174 Å². The zero-order valence-electron chi connectivity index (χ0n) is 16.4. The first kappa shape index (κ1) is 22.8. The zero-order valence-corrected chi connectivity index (χ0v) is 18.7. The van der Waals surface area contributed by atoms with Gasteiger partial charge in [-0.25, -0.2) is 4.99 Å². The number of likely N-dealkylation sites (N-methyl/N-ethyl adjacent to an activating group) is 1. The fourth-order valence-electron chi connectivity index (χ4n) is 3.37. The number of nitrogens with one attached hydrogen (secondary N) is 1. The Morgan fingerprint density at radius 2 is 2.08 bits per heavy atom. The fraction of sp³-hybridized carbons (Fsp3) is 0.632. The summed E-state index contributed by atoms with van der Waals surface area (Å²) in [6.45, 7) is 12.0. The summed E-state index contributed by atoms with van der Waals surface area (Å²) in [6.07, 6.45) is 1.16. The van der Waals surface area contributed by atoms with Gasteiger partial charge < -0.3 is 20.1 Å². The molecule has 1 fully saturated rings. The smallest absolute Gasteiger partial charge is 0.194 e. The van der Waals surface area contributed by atoms with Crippen LogP contribution in [0.15, 0.2) is 23.2 Å². The number of phenolic OH excluding ortho intramolecular Hbond substituents is 1. The van der Waals surface area contributed by atoms with E-state index in [1.807, 2.05) is 6.07 Å². The molecule has 0 saturated carbocycles. The number of phenols is 1. The molecule has 7 heteroatoms. The zero-order chi connectivity index (χ0) is 18.2. The van der Waals surface area contributed by atoms with Gasteiger partial charge in [-0.15, -0.1) is 24.0 Å². The van der Waals surface area contributed by atoms with Gasteiger partial charge in [-0.2, -0.15) is 0 Å². The van der Waals surface area contributed by atoms with E-state index in [-0.39, 0.29) is 29.7 Å². The number of methoxy groups -OCH3 is 1. The lowest BCUT2D eigenvalue weighted by Gasteiger charge is -2.27. The van der Waals surface area contributed by atoms with Crippen LogP contribution in [0, 0.1) is 0 Å². The summed E-state index contributed by atoms with van der Waals surface area (Å²) < 4.78 is 5.24. The van der Waals surface area contributed by atoms with Gasteiger partial charge in [-0.3, -0.25) is 4.90 Å². The second-order valence-corrected chi connectivity index (χ2v) is 6.27. The van der Waals surface area contributed by atoms with Crippen LogP contribution in [0.5, 0.6) is 11.5 Å². The molecule has 1 atom stereocenters. The molecule has 1 aromatic rings. The summed E-state index contributed by atoms with van der Waals surface area (Å²) in [5.41, 5.74) is 0.772. The number of aromatic hydroxyl groups is 1. The summed E-state index contributed by atoms with van der Waals surface area (Å²) in [6, 6.07) is 5.83. The quantitative estimate of drug-likeness (QED) is 0.360. The van der Waals surface area contributed by atoms with Crippen LogP contribution in [-0.4, -0.2) is 66.7 Å². The number of hydrogen-bond acceptors (Lipinski definition) is 4. The summed E-state index contributed by atoms with van der Waals surface area (Å²) in [7, 11) is 1.63. The van der Waals surface area contributed by atoms with E-state index in [1.54, 1.807) is 19.2 Å². The Morgan fingerprint density at radius 3 is 2.69 bits per heavy atom. The minimum Gasteiger partial charge on any atom is -0.508 e. The average Bonchev–Trinajstić information content (AvgIpc) is 3.10. The van der Waals surface area contributed by atoms with E-state index in [9.17, 15) is 5.11 Å². The van der Waals surface area contributed by atoms with Crippen molar-refractivity contribution in [2.24, 2.45) is 4.99 Å². The van der Waals surface area contributed by atoms with Gasteiger partial charge in [0.25, 0.3) is 0 Å². The van der Waals surface area contributed by atoms with Gasteiger partial charge in [-0.1, -0.05) is 13.8 Å². The number of likely N-dealkylation sites (tertiary alicyclic amines) is 1. The highest BCUT2D eigenvalue weighted by molar-refractivity contribution is 14.0. The number of nitrogens with zero attached hydrogens (tertiary/aromatic N) is 3. The second kappa shape index (κ2) is 11.5. The number of hydrogen-bond donors (Lipinski definition) is 2. The molecule has 1 unspecified atom stereocenters. The molecule has 1 heterocycles. The Bertz CT molecular complexity index is 579. The third-order valence-corrected chi connectivity index (χ3v) is 4.81. The van der Waals surface area contributed by atoms with Gasteiger partial charge in [0.2, 0.25) is 0 Å². The molecule has 0 aromatic heterocycles. The highest BCUT2D eigenvalue weighted by atomic mass is 127. The number of benzene rings is 1. The SMILES string of the molecule is CCNC(=NCc1cc(OC)ccc1O)N1CCC(N(CC)CC)C1.I. The van der Waals surface area contributed by atoms with Crippen LogP contribution < -0.4 is 10.1 Å². The van der Waals surface area contributed by atoms with Crippen molar-refractivity contribution in [2.45, 2.75) is 39.8 Å². The predicted octanol–water partition coefficient (Wildman–Crippen LogP) is 2.90. The minimum absolute atomic E-state index is 0. The van der Waals surface area contributed by atoms with Crippen molar-refractivity contribution < 1.29 is 9.84 Å². The van der Waals surface area contributed by atoms with E-state index in [2.05, 4.69) is 35.9 Å². The van der Waals surface area contributed by atoms with Crippen molar-refractivity contribution in [3.8, 4) is 11.5 Å². The Hall–Kier alpha value is -1.22. The van der Waals surface area contributed by atoms with E-state index in [4.69, 9.17) is 9.73 Å². The van der Waals surface area contributed by atoms with Crippen molar-refractivity contribution in [1.29, 1.82) is 0 Å². The van der Waals surface area contributed by atoms with E-state index in [1.165, 1.54) is 0 Å². The van der Waals surface area contributed by atoms with Gasteiger partial charge in [-0.05, 0) is 44.6 Å². The molecule has 1 aromatic carbocycles. The van der Waals surface area contributed by atoms with Crippen molar-refractivity contribution in [1.82, 2.24) is 15.1 Å². The molecular formula is C19H33IN4O2. The van der Waals surface area contributed by atoms with E-state index in [0.717, 1.165) is 56.4 Å². The Kier molecular flexibility index (Phi) is 10.1. The third-order valence-electron chi connectivity index (χ3n) is 4.81. The lowest BCUT2D eigenvalue weighted by molar-refractivity contribution is 0.223. The van der Waals surface area contributed by atoms with E-state index >= 15 is 0 Å². The van der Waals surface area contributed by atoms with Crippen molar-refractivity contribution in [3.05, 3.63) is 23.8 Å². The molecule has 0 amide bonds. The first-order chi connectivity index (χ1) is 12.1. The molecule has 1 saturated heterocycles.